The number of hydrogen-bond acceptors (Lipinski definition) is 4. The summed E-state index contributed by atoms with van der Waals surface area (Å²) in [5, 5.41) is 4.46. The molecule has 0 bridgehead atoms. The predicted molar refractivity (Wildman–Crippen MR) is 127 cm³/mol. The van der Waals surface area contributed by atoms with E-state index in [0.29, 0.717) is 11.0 Å². The number of anilines is 1. The van der Waals surface area contributed by atoms with Gasteiger partial charge in [0.15, 0.2) is 0 Å². The van der Waals surface area contributed by atoms with Gasteiger partial charge < -0.3 is 9.32 Å². The van der Waals surface area contributed by atoms with Gasteiger partial charge in [0.2, 0.25) is 0 Å². The Balaban J connectivity index is 1.74. The number of pyridine rings is 1. The molecule has 4 heteroatoms. The summed E-state index contributed by atoms with van der Waals surface area (Å²) in [4.78, 5) is 20.6. The highest BCUT2D eigenvalue weighted by atomic mass is 16.4. The second kappa shape index (κ2) is 7.24. The second-order valence-corrected chi connectivity index (χ2v) is 8.22. The summed E-state index contributed by atoms with van der Waals surface area (Å²) in [7, 11) is 0. The first kappa shape index (κ1) is 18.1. The van der Waals surface area contributed by atoms with Gasteiger partial charge in [-0.05, 0) is 36.8 Å². The van der Waals surface area contributed by atoms with Crippen molar-refractivity contribution in [1.29, 1.82) is 0 Å². The lowest BCUT2D eigenvalue weighted by Gasteiger charge is -2.29. The van der Waals surface area contributed by atoms with E-state index in [1.807, 2.05) is 48.5 Å². The van der Waals surface area contributed by atoms with Gasteiger partial charge in [-0.1, -0.05) is 60.7 Å². The Hall–Kier alpha value is -3.66. The number of benzene rings is 3. The molecular formula is C27H22N2O2. The van der Waals surface area contributed by atoms with Gasteiger partial charge in [-0.2, -0.15) is 0 Å². The molecule has 3 heterocycles. The molecule has 4 nitrogen and oxygen atoms in total. The summed E-state index contributed by atoms with van der Waals surface area (Å²) in [5.74, 6) is 0.750. The number of nitrogens with zero attached hydrogens (tertiary/aromatic N) is 2. The summed E-state index contributed by atoms with van der Waals surface area (Å²) < 4.78 is 5.94. The molecule has 0 radical (unpaired) electrons. The fourth-order valence-corrected chi connectivity index (χ4v) is 4.75. The molecule has 31 heavy (non-hydrogen) atoms. The van der Waals surface area contributed by atoms with Gasteiger partial charge in [-0.15, -0.1) is 0 Å². The molecule has 1 aliphatic rings. The van der Waals surface area contributed by atoms with E-state index in [2.05, 4.69) is 29.2 Å². The van der Waals surface area contributed by atoms with Crippen molar-refractivity contribution >= 4 is 38.3 Å². The van der Waals surface area contributed by atoms with E-state index in [1.165, 1.54) is 6.42 Å². The molecule has 0 N–H and O–H groups in total. The van der Waals surface area contributed by atoms with Crippen LogP contribution in [0.5, 0.6) is 0 Å². The zero-order chi connectivity index (χ0) is 20.8. The van der Waals surface area contributed by atoms with E-state index in [1.54, 1.807) is 0 Å². The fourth-order valence-electron chi connectivity index (χ4n) is 4.75. The highest BCUT2D eigenvalue weighted by molar-refractivity contribution is 6.16. The molecule has 0 atom stereocenters. The summed E-state index contributed by atoms with van der Waals surface area (Å²) in [6.07, 6.45) is 3.45. The standard InChI is InChI=1S/C27H22N2O2/c30-27-24-22(21-14-13-18-9-5-6-12-20(18)25(21)31-27)17-23(19-10-3-1-4-11-19)28-26(24)29-15-7-2-8-16-29/h1,3-6,9-14,17H,2,7-8,15-16H2. The van der Waals surface area contributed by atoms with Crippen LogP contribution in [0.1, 0.15) is 19.3 Å². The van der Waals surface area contributed by atoms with Crippen LogP contribution in [0, 0.1) is 0 Å². The van der Waals surface area contributed by atoms with Crippen LogP contribution in [-0.2, 0) is 0 Å². The molecule has 0 aliphatic carbocycles. The molecule has 0 unspecified atom stereocenters. The minimum Gasteiger partial charge on any atom is -0.421 e. The maximum Gasteiger partial charge on any atom is 0.348 e. The summed E-state index contributed by atoms with van der Waals surface area (Å²) >= 11 is 0. The van der Waals surface area contributed by atoms with E-state index in [-0.39, 0.29) is 5.63 Å². The summed E-state index contributed by atoms with van der Waals surface area (Å²) in [6.45, 7) is 1.82. The number of rotatable bonds is 2. The average molecular weight is 406 g/mol. The highest BCUT2D eigenvalue weighted by Crippen LogP contribution is 2.35. The van der Waals surface area contributed by atoms with E-state index in [4.69, 9.17) is 9.40 Å². The van der Waals surface area contributed by atoms with Crippen LogP contribution in [0.4, 0.5) is 5.82 Å². The topological polar surface area (TPSA) is 46.3 Å². The molecule has 0 amide bonds. The number of fused-ring (bicyclic) bond motifs is 5. The largest absolute Gasteiger partial charge is 0.421 e. The lowest BCUT2D eigenvalue weighted by molar-refractivity contribution is 0.564. The van der Waals surface area contributed by atoms with Crippen molar-refractivity contribution in [1.82, 2.24) is 4.98 Å². The first-order valence-corrected chi connectivity index (χ1v) is 10.9. The summed E-state index contributed by atoms with van der Waals surface area (Å²) in [6, 6.07) is 24.4. The van der Waals surface area contributed by atoms with E-state index in [0.717, 1.165) is 64.6 Å². The molecule has 2 aromatic heterocycles. The SMILES string of the molecule is O=c1oc2c3ccccc3ccc2c2cc(-c3ccccc3)nc(N3CCCCC3)c12. The molecule has 0 saturated carbocycles. The maximum absolute atomic E-state index is 13.3. The van der Waals surface area contributed by atoms with Crippen molar-refractivity contribution in [2.24, 2.45) is 0 Å². The van der Waals surface area contributed by atoms with Crippen molar-refractivity contribution in [3.05, 3.63) is 83.2 Å². The monoisotopic (exact) mass is 406 g/mol. The van der Waals surface area contributed by atoms with E-state index < -0.39 is 0 Å². The molecule has 152 valence electrons. The Morgan fingerprint density at radius 1 is 0.774 bits per heavy atom. The first-order valence-electron chi connectivity index (χ1n) is 10.9. The Morgan fingerprint density at radius 3 is 2.39 bits per heavy atom. The van der Waals surface area contributed by atoms with Crippen molar-refractivity contribution in [2.45, 2.75) is 19.3 Å². The number of aromatic nitrogens is 1. The first-order chi connectivity index (χ1) is 15.3. The molecule has 6 rings (SSSR count). The van der Waals surface area contributed by atoms with Gasteiger partial charge in [-0.25, -0.2) is 9.78 Å². The van der Waals surface area contributed by atoms with Crippen LogP contribution in [0.15, 0.2) is 82.0 Å². The molecule has 5 aromatic rings. The Bertz CT molecular complexity index is 1480. The molecule has 1 aliphatic heterocycles. The fraction of sp³-hybridized carbons (Fsp3) is 0.185. The summed E-state index contributed by atoms with van der Waals surface area (Å²) in [5.41, 5.74) is 2.26. The number of piperidine rings is 1. The molecular weight excluding hydrogens is 384 g/mol. The van der Waals surface area contributed by atoms with Crippen LogP contribution >= 0.6 is 0 Å². The zero-order valence-electron chi connectivity index (χ0n) is 17.2. The van der Waals surface area contributed by atoms with E-state index >= 15 is 0 Å². The third kappa shape index (κ3) is 2.98. The lowest BCUT2D eigenvalue weighted by atomic mass is 10.0. The quantitative estimate of drug-likeness (QED) is 0.260. The van der Waals surface area contributed by atoms with Gasteiger partial charge in [0.25, 0.3) is 0 Å². The smallest absolute Gasteiger partial charge is 0.348 e. The maximum atomic E-state index is 13.3. The van der Waals surface area contributed by atoms with Crippen LogP contribution in [-0.4, -0.2) is 18.1 Å². The van der Waals surface area contributed by atoms with Crippen LogP contribution < -0.4 is 10.5 Å². The normalized spacial score (nSPS) is 14.5. The Morgan fingerprint density at radius 2 is 1.55 bits per heavy atom. The van der Waals surface area contributed by atoms with Crippen molar-refractivity contribution < 1.29 is 4.42 Å². The zero-order valence-corrected chi connectivity index (χ0v) is 17.2. The van der Waals surface area contributed by atoms with E-state index in [9.17, 15) is 4.79 Å². The van der Waals surface area contributed by atoms with Gasteiger partial charge in [0.1, 0.15) is 16.8 Å². The molecule has 1 saturated heterocycles. The third-order valence-corrected chi connectivity index (χ3v) is 6.29. The molecule has 3 aromatic carbocycles. The van der Waals surface area contributed by atoms with Crippen LogP contribution in [0.3, 0.4) is 0 Å². The van der Waals surface area contributed by atoms with Crippen molar-refractivity contribution in [2.75, 3.05) is 18.0 Å². The van der Waals surface area contributed by atoms with Crippen LogP contribution in [0.25, 0.3) is 43.8 Å². The third-order valence-electron chi connectivity index (χ3n) is 6.29. The van der Waals surface area contributed by atoms with Crippen LogP contribution in [0.2, 0.25) is 0 Å². The molecule has 0 spiro atoms. The van der Waals surface area contributed by atoms with Gasteiger partial charge in [0.05, 0.1) is 5.69 Å². The van der Waals surface area contributed by atoms with Gasteiger partial charge in [-0.3, -0.25) is 0 Å². The van der Waals surface area contributed by atoms with Crippen molar-refractivity contribution in [3.8, 4) is 11.3 Å². The van der Waals surface area contributed by atoms with Gasteiger partial charge >= 0.3 is 5.63 Å². The minimum atomic E-state index is -0.313. The predicted octanol–water partition coefficient (Wildman–Crippen LogP) is 6.15. The minimum absolute atomic E-state index is 0.313. The highest BCUT2D eigenvalue weighted by Gasteiger charge is 2.22. The Kier molecular flexibility index (Phi) is 4.23. The Labute approximate surface area is 179 Å². The lowest BCUT2D eigenvalue weighted by Crippen LogP contribution is -2.31. The van der Waals surface area contributed by atoms with Gasteiger partial charge in [0, 0.05) is 34.8 Å². The van der Waals surface area contributed by atoms with Crippen molar-refractivity contribution in [3.63, 3.8) is 0 Å². The average Bonchev–Trinajstić information content (AvgIpc) is 2.84. The second-order valence-electron chi connectivity index (χ2n) is 8.22. The number of hydrogen-bond donors (Lipinski definition) is 0. The molecule has 1 fully saturated rings.